The molecular weight excluding hydrogens is 400 g/mol. The van der Waals surface area contributed by atoms with Crippen molar-refractivity contribution in [2.75, 3.05) is 25.5 Å². The second-order valence-electron chi connectivity index (χ2n) is 7.28. The molecule has 0 aliphatic carbocycles. The number of piperidine rings is 1. The lowest BCUT2D eigenvalue weighted by Gasteiger charge is -2.26. The Hall–Kier alpha value is -2.96. The Labute approximate surface area is 180 Å². The number of fused-ring (bicyclic) bond motifs is 1. The number of nitrogens with one attached hydrogen (secondary N) is 2. The molecule has 2 N–H and O–H groups in total. The van der Waals surface area contributed by atoms with Crippen molar-refractivity contribution in [2.45, 2.75) is 18.8 Å². The van der Waals surface area contributed by atoms with Crippen LogP contribution in [0.4, 0.5) is 11.5 Å². The summed E-state index contributed by atoms with van der Waals surface area (Å²) in [6.07, 6.45) is 3.46. The molecule has 7 heteroatoms. The maximum Gasteiger partial charge on any atom is 0.337 e. The molecule has 0 spiro atoms. The minimum Gasteiger partial charge on any atom is -0.465 e. The summed E-state index contributed by atoms with van der Waals surface area (Å²) in [6, 6.07) is 11.5. The lowest BCUT2D eigenvalue weighted by atomic mass is 9.84. The van der Waals surface area contributed by atoms with Crippen LogP contribution >= 0.6 is 11.6 Å². The highest BCUT2D eigenvalue weighted by molar-refractivity contribution is 6.33. The van der Waals surface area contributed by atoms with Crippen LogP contribution in [-0.4, -0.2) is 36.1 Å². The normalized spacial score (nSPS) is 14.5. The first-order chi connectivity index (χ1) is 14.6. The number of methoxy groups -OCH3 is 1. The average Bonchev–Trinajstić information content (AvgIpc) is 2.79. The summed E-state index contributed by atoms with van der Waals surface area (Å²) in [5.74, 6) is 0.534. The zero-order valence-electron chi connectivity index (χ0n) is 16.7. The number of anilines is 2. The molecule has 4 rings (SSSR count). The number of aromatic nitrogens is 2. The summed E-state index contributed by atoms with van der Waals surface area (Å²) in [5.41, 5.74) is 3.68. The monoisotopic (exact) mass is 422 g/mol. The Morgan fingerprint density at radius 3 is 2.73 bits per heavy atom. The van der Waals surface area contributed by atoms with Gasteiger partial charge in [-0.05, 0) is 67.2 Å². The Balaban J connectivity index is 1.85. The van der Waals surface area contributed by atoms with Crippen LogP contribution < -0.4 is 10.6 Å². The Morgan fingerprint density at radius 2 is 2.00 bits per heavy atom. The van der Waals surface area contributed by atoms with Gasteiger partial charge in [-0.3, -0.25) is 0 Å². The third-order valence-electron chi connectivity index (χ3n) is 5.47. The van der Waals surface area contributed by atoms with Gasteiger partial charge in [-0.15, -0.1) is 0 Å². The van der Waals surface area contributed by atoms with Crippen molar-refractivity contribution in [1.29, 1.82) is 0 Å². The van der Waals surface area contributed by atoms with Crippen molar-refractivity contribution in [2.24, 2.45) is 0 Å². The Kier molecular flexibility index (Phi) is 5.97. The molecule has 2 heterocycles. The lowest BCUT2D eigenvalue weighted by Crippen LogP contribution is -2.27. The van der Waals surface area contributed by atoms with E-state index in [0.717, 1.165) is 53.6 Å². The fourth-order valence-electron chi connectivity index (χ4n) is 3.87. The third kappa shape index (κ3) is 4.01. The zero-order chi connectivity index (χ0) is 21.1. The van der Waals surface area contributed by atoms with E-state index in [1.54, 1.807) is 0 Å². The van der Waals surface area contributed by atoms with Crippen LogP contribution in [0.5, 0.6) is 0 Å². The Bertz CT molecular complexity index is 1110. The maximum absolute atomic E-state index is 12.2. The van der Waals surface area contributed by atoms with E-state index < -0.39 is 5.97 Å². The molecule has 1 aromatic heterocycles. The zero-order valence-corrected chi connectivity index (χ0v) is 17.5. The predicted octanol–water partition coefficient (Wildman–Crippen LogP) is 4.68. The highest BCUT2D eigenvalue weighted by Gasteiger charge is 2.24. The number of hydrogen-bond acceptors (Lipinski definition) is 6. The molecule has 0 amide bonds. The second kappa shape index (κ2) is 8.81. The molecule has 3 aromatic rings. The Morgan fingerprint density at radius 1 is 1.23 bits per heavy atom. The van der Waals surface area contributed by atoms with E-state index in [-0.39, 0.29) is 0 Å². The fraction of sp³-hybridized carbons (Fsp3) is 0.261. The molecule has 0 bridgehead atoms. The molecule has 0 saturated carbocycles. The first kappa shape index (κ1) is 20.3. The second-order valence-corrected chi connectivity index (χ2v) is 7.69. The van der Waals surface area contributed by atoms with Gasteiger partial charge in [-0.25, -0.2) is 14.8 Å². The lowest BCUT2D eigenvalue weighted by molar-refractivity contribution is -0.133. The van der Waals surface area contributed by atoms with E-state index in [9.17, 15) is 4.79 Å². The van der Waals surface area contributed by atoms with E-state index in [4.69, 9.17) is 16.3 Å². The first-order valence-electron chi connectivity index (χ1n) is 9.87. The van der Waals surface area contributed by atoms with Gasteiger partial charge in [0.05, 0.1) is 28.9 Å². The van der Waals surface area contributed by atoms with Crippen LogP contribution in [0.2, 0.25) is 5.02 Å². The number of ether oxygens (including phenoxy) is 1. The molecule has 0 radical (unpaired) electrons. The van der Waals surface area contributed by atoms with Gasteiger partial charge in [0.15, 0.2) is 0 Å². The summed E-state index contributed by atoms with van der Waals surface area (Å²) in [5, 5.41) is 8.18. The van der Waals surface area contributed by atoms with Crippen molar-refractivity contribution in [3.8, 4) is 0 Å². The van der Waals surface area contributed by atoms with Gasteiger partial charge >= 0.3 is 5.97 Å². The summed E-state index contributed by atoms with van der Waals surface area (Å²) in [6.45, 7) is 5.86. The minimum atomic E-state index is -0.437. The van der Waals surface area contributed by atoms with Crippen molar-refractivity contribution in [1.82, 2.24) is 15.3 Å². The van der Waals surface area contributed by atoms with Crippen LogP contribution in [0.25, 0.3) is 16.5 Å². The molecule has 0 unspecified atom stereocenters. The third-order valence-corrected chi connectivity index (χ3v) is 5.80. The van der Waals surface area contributed by atoms with E-state index in [0.29, 0.717) is 22.3 Å². The van der Waals surface area contributed by atoms with Crippen molar-refractivity contribution in [3.63, 3.8) is 0 Å². The molecule has 1 aliphatic heterocycles. The number of rotatable bonds is 5. The van der Waals surface area contributed by atoms with E-state index in [1.807, 2.05) is 30.3 Å². The van der Waals surface area contributed by atoms with Crippen molar-refractivity contribution < 1.29 is 9.53 Å². The molecule has 2 aromatic carbocycles. The summed E-state index contributed by atoms with van der Waals surface area (Å²) in [4.78, 5) is 21.1. The van der Waals surface area contributed by atoms with Gasteiger partial charge in [0.2, 0.25) is 0 Å². The number of carbonyl (C=O) groups is 1. The molecule has 154 valence electrons. The van der Waals surface area contributed by atoms with Crippen molar-refractivity contribution in [3.05, 3.63) is 65.5 Å². The van der Waals surface area contributed by atoms with E-state index >= 15 is 0 Å². The SMILES string of the molecule is C=C(C(=O)OC)c1cc2ncnc(Nc3ccccc3Cl)c2cc1C1CCNCC1. The summed E-state index contributed by atoms with van der Waals surface area (Å²) in [7, 11) is 1.37. The largest absolute Gasteiger partial charge is 0.465 e. The molecule has 0 atom stereocenters. The fourth-order valence-corrected chi connectivity index (χ4v) is 4.06. The number of halogens is 1. The van der Waals surface area contributed by atoms with Gasteiger partial charge in [-0.1, -0.05) is 30.3 Å². The number of nitrogens with zero attached hydrogens (tertiary/aromatic N) is 2. The molecule has 1 fully saturated rings. The van der Waals surface area contributed by atoms with Crippen LogP contribution in [0.15, 0.2) is 49.3 Å². The number of carbonyl (C=O) groups excluding carboxylic acids is 1. The first-order valence-corrected chi connectivity index (χ1v) is 10.2. The smallest absolute Gasteiger partial charge is 0.337 e. The van der Waals surface area contributed by atoms with Gasteiger partial charge < -0.3 is 15.4 Å². The summed E-state index contributed by atoms with van der Waals surface area (Å²) < 4.78 is 4.93. The van der Waals surface area contributed by atoms with Gasteiger partial charge in [0, 0.05) is 5.39 Å². The van der Waals surface area contributed by atoms with Gasteiger partial charge in [-0.2, -0.15) is 0 Å². The molecule has 6 nitrogen and oxygen atoms in total. The molecule has 30 heavy (non-hydrogen) atoms. The molecular formula is C23H23ClN4O2. The highest BCUT2D eigenvalue weighted by atomic mass is 35.5. The van der Waals surface area contributed by atoms with Crippen LogP contribution in [0.3, 0.4) is 0 Å². The van der Waals surface area contributed by atoms with Crippen LogP contribution in [-0.2, 0) is 9.53 Å². The molecule has 1 aliphatic rings. The van der Waals surface area contributed by atoms with Crippen LogP contribution in [0, 0.1) is 0 Å². The van der Waals surface area contributed by atoms with Crippen molar-refractivity contribution >= 4 is 45.6 Å². The minimum absolute atomic E-state index is 0.306. The quantitative estimate of drug-likeness (QED) is 0.459. The number of hydrogen-bond donors (Lipinski definition) is 2. The van der Waals surface area contributed by atoms with Crippen LogP contribution in [0.1, 0.15) is 29.9 Å². The topological polar surface area (TPSA) is 76.1 Å². The predicted molar refractivity (Wildman–Crippen MR) is 120 cm³/mol. The van der Waals surface area contributed by atoms with E-state index in [1.165, 1.54) is 13.4 Å². The van der Waals surface area contributed by atoms with Gasteiger partial charge in [0.25, 0.3) is 0 Å². The standard InChI is InChI=1S/C23H23ClN4O2/c1-14(23(29)30-2)16-12-21-18(11-17(16)15-7-9-25-10-8-15)22(27-13-26-21)28-20-6-4-3-5-19(20)24/h3-6,11-13,15,25H,1,7-10H2,2H3,(H,26,27,28). The maximum atomic E-state index is 12.2. The number of esters is 1. The summed E-state index contributed by atoms with van der Waals surface area (Å²) >= 11 is 6.32. The van der Waals surface area contributed by atoms with Gasteiger partial charge in [0.1, 0.15) is 12.1 Å². The average molecular weight is 423 g/mol. The highest BCUT2D eigenvalue weighted by Crippen LogP contribution is 2.36. The number of para-hydroxylation sites is 1. The van der Waals surface area contributed by atoms with E-state index in [2.05, 4.69) is 33.2 Å². The number of benzene rings is 2. The molecule has 1 saturated heterocycles.